The first-order chi connectivity index (χ1) is 15.7. The Morgan fingerprint density at radius 1 is 1.22 bits per heavy atom. The third-order valence-corrected chi connectivity index (χ3v) is 5.56. The number of piperidine rings is 1. The number of anilines is 2. The lowest BCUT2D eigenvalue weighted by Crippen LogP contribution is -2.30. The molecule has 2 aromatic heterocycles. The van der Waals surface area contributed by atoms with Crippen LogP contribution in [0.15, 0.2) is 48.9 Å². The lowest BCUT2D eigenvalue weighted by molar-refractivity contribution is 0.183. The summed E-state index contributed by atoms with van der Waals surface area (Å²) in [7, 11) is 1.67. The van der Waals surface area contributed by atoms with Crippen LogP contribution in [0.4, 0.5) is 11.5 Å². The molecule has 1 saturated heterocycles. The van der Waals surface area contributed by atoms with Crippen molar-refractivity contribution in [2.24, 2.45) is 5.92 Å². The summed E-state index contributed by atoms with van der Waals surface area (Å²) in [6.45, 7) is 4.01. The third kappa shape index (κ3) is 5.63. The quantitative estimate of drug-likeness (QED) is 0.533. The van der Waals surface area contributed by atoms with Gasteiger partial charge in [0.05, 0.1) is 37.2 Å². The number of rotatable bonds is 9. The minimum absolute atomic E-state index is 0.537. The van der Waals surface area contributed by atoms with Gasteiger partial charge >= 0.3 is 0 Å². The highest BCUT2D eigenvalue weighted by atomic mass is 16.5. The fourth-order valence-corrected chi connectivity index (χ4v) is 3.74. The van der Waals surface area contributed by atoms with Crippen molar-refractivity contribution in [2.75, 3.05) is 38.7 Å². The van der Waals surface area contributed by atoms with Crippen LogP contribution in [-0.2, 0) is 11.3 Å². The number of methoxy groups -OCH3 is 1. The van der Waals surface area contributed by atoms with Gasteiger partial charge in [-0.2, -0.15) is 10.4 Å². The van der Waals surface area contributed by atoms with Crippen molar-refractivity contribution in [1.82, 2.24) is 20.1 Å². The molecule has 0 radical (unpaired) electrons. The smallest absolute Gasteiger partial charge is 0.137 e. The van der Waals surface area contributed by atoms with E-state index in [4.69, 9.17) is 9.47 Å². The number of nitrogens with zero attached hydrogens (tertiary/aromatic N) is 4. The van der Waals surface area contributed by atoms with Gasteiger partial charge in [0, 0.05) is 19.5 Å². The summed E-state index contributed by atoms with van der Waals surface area (Å²) in [5.74, 6) is 1.89. The van der Waals surface area contributed by atoms with Crippen molar-refractivity contribution in [2.45, 2.75) is 19.4 Å². The number of pyridine rings is 1. The monoisotopic (exact) mass is 432 g/mol. The summed E-state index contributed by atoms with van der Waals surface area (Å²) in [5.41, 5.74) is 3.31. The zero-order chi connectivity index (χ0) is 22.2. The summed E-state index contributed by atoms with van der Waals surface area (Å²) in [5, 5.41) is 20.6. The highest BCUT2D eigenvalue weighted by Crippen LogP contribution is 2.28. The normalized spacial score (nSPS) is 14.1. The number of benzene rings is 1. The fraction of sp³-hybridized carbons (Fsp3) is 0.375. The Balaban J connectivity index is 1.45. The second kappa shape index (κ2) is 10.8. The molecule has 0 aliphatic carbocycles. The topological polar surface area (TPSA) is 97.0 Å². The van der Waals surface area contributed by atoms with Crippen LogP contribution in [0.25, 0.3) is 11.1 Å². The molecule has 0 atom stereocenters. The van der Waals surface area contributed by atoms with Gasteiger partial charge in [0.2, 0.25) is 0 Å². The molecule has 8 heteroatoms. The highest BCUT2D eigenvalue weighted by molar-refractivity contribution is 5.70. The molecular formula is C24H28N6O2. The molecule has 4 rings (SSSR count). The van der Waals surface area contributed by atoms with Crippen molar-refractivity contribution < 1.29 is 9.47 Å². The van der Waals surface area contributed by atoms with E-state index in [0.717, 1.165) is 42.7 Å². The van der Waals surface area contributed by atoms with Gasteiger partial charge in [-0.05, 0) is 67.2 Å². The zero-order valence-corrected chi connectivity index (χ0v) is 18.3. The Morgan fingerprint density at radius 2 is 2.06 bits per heavy atom. The minimum Gasteiger partial charge on any atom is -0.492 e. The fourth-order valence-electron chi connectivity index (χ4n) is 3.74. The number of hydrogen-bond donors (Lipinski definition) is 2. The third-order valence-electron chi connectivity index (χ3n) is 5.56. The van der Waals surface area contributed by atoms with Crippen LogP contribution in [-0.4, -0.2) is 48.2 Å². The predicted octanol–water partition coefficient (Wildman–Crippen LogP) is 3.59. The van der Waals surface area contributed by atoms with Gasteiger partial charge in [-0.25, -0.2) is 4.98 Å². The molecule has 0 unspecified atom stereocenters. The zero-order valence-electron chi connectivity index (χ0n) is 18.3. The van der Waals surface area contributed by atoms with Crippen molar-refractivity contribution >= 4 is 11.5 Å². The van der Waals surface area contributed by atoms with E-state index in [1.165, 1.54) is 0 Å². The summed E-state index contributed by atoms with van der Waals surface area (Å²) in [4.78, 5) is 4.41. The van der Waals surface area contributed by atoms with Crippen LogP contribution in [0.1, 0.15) is 18.4 Å². The molecule has 0 amide bonds. The molecule has 1 aliphatic rings. The standard InChI is InChI=1S/C24H28N6O2/c1-31-11-10-30-16-22(15-28-30)29-24-13-20(6-9-27-24)19-2-3-23(21(12-19)14-25)32-17-18-4-7-26-8-5-18/h2-3,6,9,12-13,15-16,18,26H,4-5,7-8,10-11,17H2,1H3,(H,27,29). The van der Waals surface area contributed by atoms with E-state index in [9.17, 15) is 5.26 Å². The first kappa shape index (κ1) is 21.8. The molecule has 166 valence electrons. The molecule has 2 N–H and O–H groups in total. The number of nitrogens with one attached hydrogen (secondary N) is 2. The second-order valence-corrected chi connectivity index (χ2v) is 7.87. The molecule has 0 bridgehead atoms. The maximum atomic E-state index is 9.66. The van der Waals surface area contributed by atoms with Crippen LogP contribution >= 0.6 is 0 Å². The molecule has 1 fully saturated rings. The van der Waals surface area contributed by atoms with Crippen LogP contribution in [0.3, 0.4) is 0 Å². The Labute approximate surface area is 188 Å². The lowest BCUT2D eigenvalue weighted by atomic mass is 9.99. The Hall–Kier alpha value is -3.41. The van der Waals surface area contributed by atoms with Crippen LogP contribution in [0.5, 0.6) is 5.75 Å². The average Bonchev–Trinajstić information content (AvgIpc) is 3.29. The van der Waals surface area contributed by atoms with Gasteiger partial charge in [-0.1, -0.05) is 6.07 Å². The number of hydrogen-bond acceptors (Lipinski definition) is 7. The van der Waals surface area contributed by atoms with Crippen LogP contribution in [0, 0.1) is 17.2 Å². The van der Waals surface area contributed by atoms with E-state index < -0.39 is 0 Å². The molecule has 8 nitrogen and oxygen atoms in total. The molecule has 32 heavy (non-hydrogen) atoms. The van der Waals surface area contributed by atoms with Crippen LogP contribution in [0.2, 0.25) is 0 Å². The van der Waals surface area contributed by atoms with Crippen molar-refractivity contribution in [3.05, 3.63) is 54.5 Å². The molecule has 3 aromatic rings. The van der Waals surface area contributed by atoms with E-state index in [1.807, 2.05) is 41.2 Å². The van der Waals surface area contributed by atoms with Gasteiger partial charge in [0.15, 0.2) is 0 Å². The Morgan fingerprint density at radius 3 is 2.88 bits per heavy atom. The maximum Gasteiger partial charge on any atom is 0.137 e. The van der Waals surface area contributed by atoms with Crippen molar-refractivity contribution in [3.63, 3.8) is 0 Å². The van der Waals surface area contributed by atoms with E-state index in [-0.39, 0.29) is 0 Å². The molecule has 0 saturated carbocycles. The van der Waals surface area contributed by atoms with Gasteiger partial charge in [0.1, 0.15) is 17.6 Å². The van der Waals surface area contributed by atoms with Gasteiger partial charge < -0.3 is 20.1 Å². The summed E-state index contributed by atoms with van der Waals surface area (Å²) < 4.78 is 12.9. The van der Waals surface area contributed by atoms with E-state index in [0.29, 0.717) is 42.8 Å². The molecule has 0 spiro atoms. The van der Waals surface area contributed by atoms with E-state index in [2.05, 4.69) is 26.8 Å². The second-order valence-electron chi connectivity index (χ2n) is 7.87. The van der Waals surface area contributed by atoms with Gasteiger partial charge in [-0.3, -0.25) is 4.68 Å². The van der Waals surface area contributed by atoms with Crippen LogP contribution < -0.4 is 15.4 Å². The Bertz CT molecular complexity index is 1070. The molecule has 1 aliphatic heterocycles. The summed E-state index contributed by atoms with van der Waals surface area (Å²) in [6, 6.07) is 11.9. The van der Waals surface area contributed by atoms with Crippen molar-refractivity contribution in [1.29, 1.82) is 5.26 Å². The summed E-state index contributed by atoms with van der Waals surface area (Å²) in [6.07, 6.45) is 7.64. The summed E-state index contributed by atoms with van der Waals surface area (Å²) >= 11 is 0. The predicted molar refractivity (Wildman–Crippen MR) is 123 cm³/mol. The highest BCUT2D eigenvalue weighted by Gasteiger charge is 2.15. The first-order valence-electron chi connectivity index (χ1n) is 10.9. The maximum absolute atomic E-state index is 9.66. The van der Waals surface area contributed by atoms with Crippen molar-refractivity contribution in [3.8, 4) is 22.9 Å². The number of aromatic nitrogens is 3. The largest absolute Gasteiger partial charge is 0.492 e. The Kier molecular flexibility index (Phi) is 7.33. The number of ether oxygens (including phenoxy) is 2. The van der Waals surface area contributed by atoms with Gasteiger partial charge in [-0.15, -0.1) is 0 Å². The lowest BCUT2D eigenvalue weighted by Gasteiger charge is -2.23. The molecule has 3 heterocycles. The molecular weight excluding hydrogens is 404 g/mol. The minimum atomic E-state index is 0.537. The van der Waals surface area contributed by atoms with E-state index in [1.54, 1.807) is 19.5 Å². The van der Waals surface area contributed by atoms with E-state index >= 15 is 0 Å². The van der Waals surface area contributed by atoms with Gasteiger partial charge in [0.25, 0.3) is 0 Å². The first-order valence-corrected chi connectivity index (χ1v) is 10.9. The SMILES string of the molecule is COCCn1cc(Nc2cc(-c3ccc(OCC4CCNCC4)c(C#N)c3)ccn2)cn1. The average molecular weight is 433 g/mol. The number of nitriles is 1. The molecule has 1 aromatic carbocycles.